The van der Waals surface area contributed by atoms with Crippen LogP contribution in [0.15, 0.2) is 29.3 Å². The molecule has 1 aromatic carbocycles. The number of aliphatic imine (C=N–C) groups is 1. The van der Waals surface area contributed by atoms with Crippen molar-refractivity contribution in [3.8, 4) is 0 Å². The molecular formula is C20H33N5O. The molecule has 2 rings (SSSR count). The van der Waals surface area contributed by atoms with E-state index in [4.69, 9.17) is 0 Å². The van der Waals surface area contributed by atoms with Crippen LogP contribution in [0.2, 0.25) is 0 Å². The Kier molecular flexibility index (Phi) is 7.91. The van der Waals surface area contributed by atoms with Gasteiger partial charge in [0, 0.05) is 45.8 Å². The van der Waals surface area contributed by atoms with Crippen LogP contribution in [0.5, 0.6) is 0 Å². The van der Waals surface area contributed by atoms with Crippen molar-refractivity contribution < 1.29 is 4.79 Å². The molecule has 0 spiro atoms. The number of likely N-dealkylation sites (tertiary alicyclic amines) is 1. The van der Waals surface area contributed by atoms with Crippen LogP contribution in [-0.4, -0.2) is 75.0 Å². The third-order valence-electron chi connectivity index (χ3n) is 4.92. The molecule has 26 heavy (non-hydrogen) atoms. The highest BCUT2D eigenvalue weighted by molar-refractivity contribution is 5.94. The zero-order chi connectivity index (χ0) is 18.9. The molecule has 0 radical (unpaired) electrons. The van der Waals surface area contributed by atoms with Crippen molar-refractivity contribution in [3.05, 3.63) is 35.4 Å². The Morgan fingerprint density at radius 1 is 1.35 bits per heavy atom. The third-order valence-corrected chi connectivity index (χ3v) is 4.92. The summed E-state index contributed by atoms with van der Waals surface area (Å²) in [4.78, 5) is 20.5. The van der Waals surface area contributed by atoms with Crippen LogP contribution in [0.3, 0.4) is 0 Å². The molecule has 1 fully saturated rings. The maximum Gasteiger partial charge on any atom is 0.253 e. The third kappa shape index (κ3) is 5.73. The molecule has 2 N–H and O–H groups in total. The van der Waals surface area contributed by atoms with E-state index in [0.717, 1.165) is 43.1 Å². The molecular weight excluding hydrogens is 326 g/mol. The fourth-order valence-electron chi connectivity index (χ4n) is 3.42. The average molecular weight is 360 g/mol. The lowest BCUT2D eigenvalue weighted by Gasteiger charge is -2.24. The highest BCUT2D eigenvalue weighted by Gasteiger charge is 2.22. The van der Waals surface area contributed by atoms with Crippen molar-refractivity contribution in [2.75, 3.05) is 47.3 Å². The maximum atomic E-state index is 12.1. The maximum absolute atomic E-state index is 12.1. The van der Waals surface area contributed by atoms with Gasteiger partial charge in [-0.05, 0) is 50.0 Å². The summed E-state index contributed by atoms with van der Waals surface area (Å²) < 4.78 is 0. The molecule has 1 amide bonds. The van der Waals surface area contributed by atoms with Gasteiger partial charge in [-0.2, -0.15) is 0 Å². The minimum atomic E-state index is 0.0364. The number of nitrogens with one attached hydrogen (secondary N) is 2. The van der Waals surface area contributed by atoms with E-state index in [1.165, 1.54) is 19.4 Å². The number of hydrogen-bond donors (Lipinski definition) is 2. The van der Waals surface area contributed by atoms with Crippen molar-refractivity contribution in [2.24, 2.45) is 4.99 Å². The summed E-state index contributed by atoms with van der Waals surface area (Å²) in [5.41, 5.74) is 1.88. The molecule has 1 aliphatic rings. The molecule has 1 saturated heterocycles. The first-order valence-corrected chi connectivity index (χ1v) is 9.54. The second kappa shape index (κ2) is 10.2. The summed E-state index contributed by atoms with van der Waals surface area (Å²) >= 11 is 0. The molecule has 1 heterocycles. The van der Waals surface area contributed by atoms with Gasteiger partial charge in [0.2, 0.25) is 0 Å². The van der Waals surface area contributed by atoms with Crippen LogP contribution in [0.4, 0.5) is 0 Å². The van der Waals surface area contributed by atoms with E-state index in [0.29, 0.717) is 6.04 Å². The minimum absolute atomic E-state index is 0.0364. The van der Waals surface area contributed by atoms with Crippen LogP contribution in [0.1, 0.15) is 35.7 Å². The molecule has 0 bridgehead atoms. The Bertz CT molecular complexity index is 614. The highest BCUT2D eigenvalue weighted by Crippen LogP contribution is 2.15. The molecule has 1 aromatic rings. The summed E-state index contributed by atoms with van der Waals surface area (Å²) in [6.45, 7) is 6.25. The number of rotatable bonds is 7. The molecule has 1 aliphatic heterocycles. The molecule has 6 nitrogen and oxygen atoms in total. The number of guanidine groups is 1. The van der Waals surface area contributed by atoms with E-state index in [1.54, 1.807) is 26.0 Å². The highest BCUT2D eigenvalue weighted by atomic mass is 16.2. The molecule has 1 atom stereocenters. The molecule has 0 aromatic heterocycles. The fourth-order valence-corrected chi connectivity index (χ4v) is 3.42. The first kappa shape index (κ1) is 20.2. The number of hydrogen-bond acceptors (Lipinski definition) is 3. The lowest BCUT2D eigenvalue weighted by Crippen LogP contribution is -2.45. The van der Waals surface area contributed by atoms with Crippen LogP contribution in [0, 0.1) is 0 Å². The van der Waals surface area contributed by atoms with Crippen molar-refractivity contribution in [1.29, 1.82) is 0 Å². The van der Waals surface area contributed by atoms with Crippen molar-refractivity contribution in [1.82, 2.24) is 20.4 Å². The van der Waals surface area contributed by atoms with Gasteiger partial charge in [0.25, 0.3) is 5.91 Å². The van der Waals surface area contributed by atoms with Gasteiger partial charge in [0.15, 0.2) is 5.96 Å². The summed E-state index contributed by atoms with van der Waals surface area (Å²) in [6.07, 6.45) is 3.39. The number of nitrogens with zero attached hydrogens (tertiary/aromatic N) is 3. The van der Waals surface area contributed by atoms with E-state index < -0.39 is 0 Å². The van der Waals surface area contributed by atoms with Gasteiger partial charge in [-0.1, -0.05) is 19.1 Å². The summed E-state index contributed by atoms with van der Waals surface area (Å²) in [5, 5.41) is 6.81. The van der Waals surface area contributed by atoms with Crippen molar-refractivity contribution in [2.45, 2.75) is 32.2 Å². The van der Waals surface area contributed by atoms with Gasteiger partial charge in [-0.25, -0.2) is 0 Å². The second-order valence-electron chi connectivity index (χ2n) is 6.95. The molecule has 144 valence electrons. The molecule has 1 unspecified atom stereocenters. The Morgan fingerprint density at radius 2 is 2.15 bits per heavy atom. The lowest BCUT2D eigenvalue weighted by molar-refractivity contribution is 0.0827. The van der Waals surface area contributed by atoms with E-state index in [1.807, 2.05) is 18.2 Å². The predicted octanol–water partition coefficient (Wildman–Crippen LogP) is 1.58. The zero-order valence-corrected chi connectivity index (χ0v) is 16.6. The number of carbonyl (C=O) groups excluding carboxylic acids is 1. The number of amides is 1. The van der Waals surface area contributed by atoms with E-state index in [2.05, 4.69) is 33.5 Å². The van der Waals surface area contributed by atoms with Gasteiger partial charge in [0.05, 0.1) is 0 Å². The van der Waals surface area contributed by atoms with Crippen molar-refractivity contribution in [3.63, 3.8) is 0 Å². The number of benzene rings is 1. The summed E-state index contributed by atoms with van der Waals surface area (Å²) in [6, 6.07) is 8.44. The van der Waals surface area contributed by atoms with Crippen molar-refractivity contribution >= 4 is 11.9 Å². The monoisotopic (exact) mass is 359 g/mol. The molecule has 6 heteroatoms. The Labute approximate surface area is 157 Å². The normalized spacial score (nSPS) is 18.0. The predicted molar refractivity (Wildman–Crippen MR) is 108 cm³/mol. The first-order valence-electron chi connectivity index (χ1n) is 9.54. The van der Waals surface area contributed by atoms with Crippen LogP contribution in [0.25, 0.3) is 0 Å². The standard InChI is InChI=1S/C20H33N5O/c1-5-25-13-7-10-18(25)15-23-20(21-2)22-12-11-16-8-6-9-17(14-16)19(26)24(3)4/h6,8-9,14,18H,5,7,10-13,15H2,1-4H3,(H2,21,22,23). The molecule has 0 aliphatic carbocycles. The molecule has 0 saturated carbocycles. The Balaban J connectivity index is 1.78. The van der Waals surface area contributed by atoms with Gasteiger partial charge < -0.3 is 15.5 Å². The quantitative estimate of drug-likeness (QED) is 0.573. The smallest absolute Gasteiger partial charge is 0.253 e. The average Bonchev–Trinajstić information content (AvgIpc) is 3.11. The van der Waals surface area contributed by atoms with Crippen LogP contribution >= 0.6 is 0 Å². The SMILES string of the molecule is CCN1CCCC1CNC(=NC)NCCc1cccc(C(=O)N(C)C)c1. The topological polar surface area (TPSA) is 60.0 Å². The number of likely N-dealkylation sites (N-methyl/N-ethyl adjacent to an activating group) is 1. The van der Waals surface area contributed by atoms with Gasteiger partial charge in [-0.3, -0.25) is 14.7 Å². The minimum Gasteiger partial charge on any atom is -0.356 e. The Hall–Kier alpha value is -2.08. The summed E-state index contributed by atoms with van der Waals surface area (Å²) in [7, 11) is 5.35. The lowest BCUT2D eigenvalue weighted by atomic mass is 10.1. The largest absolute Gasteiger partial charge is 0.356 e. The van der Waals surface area contributed by atoms with E-state index in [9.17, 15) is 4.79 Å². The van der Waals surface area contributed by atoms with Crippen LogP contribution in [-0.2, 0) is 6.42 Å². The van der Waals surface area contributed by atoms with E-state index in [-0.39, 0.29) is 5.91 Å². The fraction of sp³-hybridized carbons (Fsp3) is 0.600. The van der Waals surface area contributed by atoms with Gasteiger partial charge in [-0.15, -0.1) is 0 Å². The first-order chi connectivity index (χ1) is 12.5. The zero-order valence-electron chi connectivity index (χ0n) is 16.6. The van der Waals surface area contributed by atoms with Gasteiger partial charge >= 0.3 is 0 Å². The summed E-state index contributed by atoms with van der Waals surface area (Å²) in [5.74, 6) is 0.878. The van der Waals surface area contributed by atoms with Crippen LogP contribution < -0.4 is 10.6 Å². The van der Waals surface area contributed by atoms with E-state index >= 15 is 0 Å². The second-order valence-corrected chi connectivity index (χ2v) is 6.95. The number of carbonyl (C=O) groups is 1. The Morgan fingerprint density at radius 3 is 2.85 bits per heavy atom. The van der Waals surface area contributed by atoms with Gasteiger partial charge in [0.1, 0.15) is 0 Å².